The predicted octanol–water partition coefficient (Wildman–Crippen LogP) is 0.756. The van der Waals surface area contributed by atoms with Crippen LogP contribution in [0.15, 0.2) is 0 Å². The monoisotopic (exact) mass is 192 g/mol. The van der Waals surface area contributed by atoms with E-state index in [4.69, 9.17) is 5.11 Å². The third-order valence-electron chi connectivity index (χ3n) is 1.25. The van der Waals surface area contributed by atoms with Gasteiger partial charge < -0.3 is 9.84 Å². The number of carboxylic acids is 1. The normalized spacial score (nSPS) is 12.2. The molecule has 0 rings (SSSR count). The van der Waals surface area contributed by atoms with Crippen molar-refractivity contribution < 1.29 is 19.4 Å². The molecule has 12 heavy (non-hydrogen) atoms. The van der Waals surface area contributed by atoms with Crippen molar-refractivity contribution in [1.29, 1.82) is 0 Å². The maximum atomic E-state index is 10.6. The number of hydrogen-bond acceptors (Lipinski definition) is 4. The van der Waals surface area contributed by atoms with Gasteiger partial charge in [-0.05, 0) is 6.92 Å². The van der Waals surface area contributed by atoms with Crippen molar-refractivity contribution >= 4 is 23.7 Å². The average Bonchev–Trinajstić information content (AvgIpc) is 2.03. The summed E-state index contributed by atoms with van der Waals surface area (Å²) in [6.45, 7) is 1.59. The number of ether oxygens (including phenoxy) is 1. The minimum Gasteiger partial charge on any atom is -0.480 e. The van der Waals surface area contributed by atoms with E-state index in [0.29, 0.717) is 5.75 Å². The molecule has 0 aliphatic rings. The highest BCUT2D eigenvalue weighted by Gasteiger charge is 2.11. The van der Waals surface area contributed by atoms with Gasteiger partial charge >= 0.3 is 11.9 Å². The van der Waals surface area contributed by atoms with Crippen molar-refractivity contribution in [3.05, 3.63) is 0 Å². The number of carbonyl (C=O) groups excluding carboxylic acids is 1. The van der Waals surface area contributed by atoms with Crippen LogP contribution in [0.4, 0.5) is 0 Å². The lowest BCUT2D eigenvalue weighted by Gasteiger charge is -2.04. The fraction of sp³-hybridized carbons (Fsp3) is 0.714. The molecule has 0 aromatic rings. The smallest absolute Gasteiger partial charge is 0.316 e. The van der Waals surface area contributed by atoms with Gasteiger partial charge in [0.1, 0.15) is 0 Å². The summed E-state index contributed by atoms with van der Waals surface area (Å²) < 4.78 is 4.39. The molecule has 0 aliphatic heterocycles. The van der Waals surface area contributed by atoms with Gasteiger partial charge in [-0.25, -0.2) is 0 Å². The highest BCUT2D eigenvalue weighted by Crippen LogP contribution is 2.11. The molecule has 0 saturated carbocycles. The van der Waals surface area contributed by atoms with Gasteiger partial charge in [0.05, 0.1) is 18.8 Å². The van der Waals surface area contributed by atoms with Gasteiger partial charge in [0, 0.05) is 5.75 Å². The van der Waals surface area contributed by atoms with Crippen LogP contribution in [-0.2, 0) is 14.3 Å². The molecule has 0 fully saturated rings. The topological polar surface area (TPSA) is 63.6 Å². The number of hydrogen-bond donors (Lipinski definition) is 1. The summed E-state index contributed by atoms with van der Waals surface area (Å²) in [6, 6.07) is 0. The highest BCUT2D eigenvalue weighted by atomic mass is 32.2. The molecule has 0 bridgehead atoms. The van der Waals surface area contributed by atoms with E-state index in [-0.39, 0.29) is 12.4 Å². The zero-order valence-electron chi connectivity index (χ0n) is 7.07. The number of aliphatic carboxylic acids is 1. The number of methoxy groups -OCH3 is 1. The van der Waals surface area contributed by atoms with Crippen LogP contribution in [-0.4, -0.2) is 35.2 Å². The van der Waals surface area contributed by atoms with Crippen LogP contribution in [0.2, 0.25) is 0 Å². The number of esters is 1. The van der Waals surface area contributed by atoms with Gasteiger partial charge in [-0.1, -0.05) is 0 Å². The van der Waals surface area contributed by atoms with Crippen LogP contribution < -0.4 is 0 Å². The van der Waals surface area contributed by atoms with Crippen LogP contribution in [0.25, 0.3) is 0 Å². The second-order valence-corrected chi connectivity index (χ2v) is 3.63. The SMILES string of the molecule is COC(=O)CCSC(C)C(=O)O. The molecule has 5 heteroatoms. The molecule has 0 heterocycles. The first-order chi connectivity index (χ1) is 5.57. The van der Waals surface area contributed by atoms with Crippen LogP contribution in [0.1, 0.15) is 13.3 Å². The van der Waals surface area contributed by atoms with E-state index in [1.165, 1.54) is 18.9 Å². The van der Waals surface area contributed by atoms with Gasteiger partial charge in [-0.15, -0.1) is 11.8 Å². The molecule has 0 spiro atoms. The molecule has 0 saturated heterocycles. The van der Waals surface area contributed by atoms with Gasteiger partial charge in [0.15, 0.2) is 0 Å². The molecular formula is C7H12O4S. The third-order valence-corrected chi connectivity index (χ3v) is 2.39. The lowest BCUT2D eigenvalue weighted by Crippen LogP contribution is -2.13. The molecule has 1 atom stereocenters. The Hall–Kier alpha value is -0.710. The van der Waals surface area contributed by atoms with Gasteiger partial charge in [-0.2, -0.15) is 0 Å². The van der Waals surface area contributed by atoms with Crippen molar-refractivity contribution in [3.63, 3.8) is 0 Å². The van der Waals surface area contributed by atoms with Gasteiger partial charge in [0.2, 0.25) is 0 Å². The van der Waals surface area contributed by atoms with E-state index in [0.717, 1.165) is 0 Å². The van der Waals surface area contributed by atoms with Crippen molar-refractivity contribution in [3.8, 4) is 0 Å². The van der Waals surface area contributed by atoms with Gasteiger partial charge in [0.25, 0.3) is 0 Å². The molecule has 0 aromatic carbocycles. The Morgan fingerprint density at radius 1 is 1.58 bits per heavy atom. The van der Waals surface area contributed by atoms with Crippen molar-refractivity contribution in [1.82, 2.24) is 0 Å². The first kappa shape index (κ1) is 11.3. The molecule has 0 aliphatic carbocycles. The molecule has 0 aromatic heterocycles. The van der Waals surface area contributed by atoms with E-state index in [1.807, 2.05) is 0 Å². The summed E-state index contributed by atoms with van der Waals surface area (Å²) in [5, 5.41) is 8.00. The van der Waals surface area contributed by atoms with Crippen LogP contribution in [0, 0.1) is 0 Å². The van der Waals surface area contributed by atoms with Gasteiger partial charge in [-0.3, -0.25) is 9.59 Å². The maximum Gasteiger partial charge on any atom is 0.316 e. The lowest BCUT2D eigenvalue weighted by atomic mass is 10.5. The van der Waals surface area contributed by atoms with Crippen molar-refractivity contribution in [2.24, 2.45) is 0 Å². The first-order valence-corrected chi connectivity index (χ1v) is 4.54. The fourth-order valence-corrected chi connectivity index (χ4v) is 1.27. The Morgan fingerprint density at radius 2 is 2.17 bits per heavy atom. The Labute approximate surface area is 75.3 Å². The predicted molar refractivity (Wildman–Crippen MR) is 46.2 cm³/mol. The average molecular weight is 192 g/mol. The first-order valence-electron chi connectivity index (χ1n) is 3.49. The molecule has 70 valence electrons. The Balaban J connectivity index is 3.43. The quantitative estimate of drug-likeness (QED) is 0.651. The molecule has 0 radical (unpaired) electrons. The summed E-state index contributed by atoms with van der Waals surface area (Å²) in [7, 11) is 1.31. The van der Waals surface area contributed by atoms with Crippen molar-refractivity contribution in [2.75, 3.05) is 12.9 Å². The highest BCUT2D eigenvalue weighted by molar-refractivity contribution is 8.00. The van der Waals surface area contributed by atoms with E-state index in [2.05, 4.69) is 4.74 Å². The minimum atomic E-state index is -0.857. The van der Waals surface area contributed by atoms with E-state index in [1.54, 1.807) is 6.92 Å². The van der Waals surface area contributed by atoms with Crippen LogP contribution in [0.3, 0.4) is 0 Å². The summed E-state index contributed by atoms with van der Waals surface area (Å²) in [4.78, 5) is 20.9. The largest absolute Gasteiger partial charge is 0.480 e. The van der Waals surface area contributed by atoms with Crippen LogP contribution >= 0.6 is 11.8 Å². The number of carbonyl (C=O) groups is 2. The Morgan fingerprint density at radius 3 is 2.58 bits per heavy atom. The van der Waals surface area contributed by atoms with Crippen LogP contribution in [0.5, 0.6) is 0 Å². The zero-order chi connectivity index (χ0) is 9.56. The zero-order valence-corrected chi connectivity index (χ0v) is 7.89. The third kappa shape index (κ3) is 5.01. The summed E-state index contributed by atoms with van der Waals surface area (Å²) in [5.74, 6) is -0.676. The molecular weight excluding hydrogens is 180 g/mol. The fourth-order valence-electron chi connectivity index (χ4n) is 0.492. The number of rotatable bonds is 5. The molecule has 1 N–H and O–H groups in total. The molecule has 0 amide bonds. The van der Waals surface area contributed by atoms with Crippen molar-refractivity contribution in [2.45, 2.75) is 18.6 Å². The summed E-state index contributed by atoms with van der Waals surface area (Å²) >= 11 is 1.23. The maximum absolute atomic E-state index is 10.6. The number of carboxylic acid groups (broad SMARTS) is 1. The molecule has 1 unspecified atom stereocenters. The summed E-state index contributed by atoms with van der Waals surface area (Å²) in [5.41, 5.74) is 0. The second kappa shape index (κ2) is 5.88. The lowest BCUT2D eigenvalue weighted by molar-refractivity contribution is -0.140. The standard InChI is InChI=1S/C7H12O4S/c1-5(7(9)10)12-4-3-6(8)11-2/h5H,3-4H2,1-2H3,(H,9,10). The Bertz CT molecular complexity index is 169. The second-order valence-electron chi connectivity index (χ2n) is 2.18. The number of thioether (sulfide) groups is 1. The summed E-state index contributed by atoms with van der Waals surface area (Å²) in [6.07, 6.45) is 0.263. The van der Waals surface area contributed by atoms with E-state index < -0.39 is 11.2 Å². The Kier molecular flexibility index (Phi) is 5.53. The van der Waals surface area contributed by atoms with E-state index >= 15 is 0 Å². The van der Waals surface area contributed by atoms with E-state index in [9.17, 15) is 9.59 Å². The minimum absolute atomic E-state index is 0.263. The molecule has 4 nitrogen and oxygen atoms in total.